The summed E-state index contributed by atoms with van der Waals surface area (Å²) in [7, 11) is 0. The second kappa shape index (κ2) is 5.20. The summed E-state index contributed by atoms with van der Waals surface area (Å²) in [5.74, 6) is -0.874. The summed E-state index contributed by atoms with van der Waals surface area (Å²) >= 11 is 3.43. The van der Waals surface area contributed by atoms with Crippen LogP contribution in [0.1, 0.15) is 54.2 Å². The molecule has 0 bridgehead atoms. The minimum atomic E-state index is -0.779. The Morgan fingerprint density at radius 3 is 2.65 bits per heavy atom. The minimum Gasteiger partial charge on any atom is -0.481 e. The highest BCUT2D eigenvalue weighted by Crippen LogP contribution is 2.42. The van der Waals surface area contributed by atoms with Crippen molar-refractivity contribution in [1.29, 1.82) is 0 Å². The van der Waals surface area contributed by atoms with Crippen molar-refractivity contribution in [2.75, 3.05) is 0 Å². The van der Waals surface area contributed by atoms with Crippen LogP contribution in [0.3, 0.4) is 0 Å². The molecule has 2 saturated carbocycles. The fraction of sp³-hybridized carbons (Fsp3) is 0.615. The van der Waals surface area contributed by atoms with Gasteiger partial charge in [0.25, 0.3) is 5.91 Å². The molecule has 20 heavy (non-hydrogen) atoms. The van der Waals surface area contributed by atoms with Gasteiger partial charge in [0.1, 0.15) is 0 Å². The predicted octanol–water partition coefficient (Wildman–Crippen LogP) is 2.03. The zero-order valence-electron chi connectivity index (χ0n) is 10.9. The van der Waals surface area contributed by atoms with Gasteiger partial charge in [-0.3, -0.25) is 14.7 Å². The molecule has 0 radical (unpaired) electrons. The second-order valence-corrected chi connectivity index (χ2v) is 6.39. The van der Waals surface area contributed by atoms with Gasteiger partial charge in [-0.05, 0) is 48.0 Å². The number of rotatable bonds is 4. The molecule has 2 atom stereocenters. The van der Waals surface area contributed by atoms with E-state index >= 15 is 0 Å². The number of hydrogen-bond donors (Lipinski definition) is 3. The van der Waals surface area contributed by atoms with Crippen LogP contribution in [0.4, 0.5) is 0 Å². The highest BCUT2D eigenvalue weighted by Gasteiger charge is 2.33. The van der Waals surface area contributed by atoms with Crippen molar-refractivity contribution in [3.63, 3.8) is 0 Å². The van der Waals surface area contributed by atoms with Gasteiger partial charge in [-0.15, -0.1) is 0 Å². The van der Waals surface area contributed by atoms with Gasteiger partial charge in [-0.1, -0.05) is 0 Å². The van der Waals surface area contributed by atoms with Crippen LogP contribution in [0.15, 0.2) is 4.47 Å². The molecule has 2 fully saturated rings. The second-order valence-electron chi connectivity index (χ2n) is 5.59. The number of nitrogens with one attached hydrogen (secondary N) is 2. The molecule has 0 saturated heterocycles. The Morgan fingerprint density at radius 1 is 1.30 bits per heavy atom. The average Bonchev–Trinajstić information content (AvgIpc) is 3.00. The van der Waals surface area contributed by atoms with E-state index in [-0.39, 0.29) is 17.9 Å². The maximum absolute atomic E-state index is 12.2. The molecule has 3 rings (SSSR count). The number of carbonyl (C=O) groups is 2. The van der Waals surface area contributed by atoms with Gasteiger partial charge in [0.15, 0.2) is 5.69 Å². The normalized spacial score (nSPS) is 25.6. The first-order valence-corrected chi connectivity index (χ1v) is 7.63. The van der Waals surface area contributed by atoms with Crippen LogP contribution >= 0.6 is 15.9 Å². The molecule has 7 heteroatoms. The Kier molecular flexibility index (Phi) is 3.54. The van der Waals surface area contributed by atoms with Crippen LogP contribution < -0.4 is 5.32 Å². The molecule has 2 aliphatic carbocycles. The summed E-state index contributed by atoms with van der Waals surface area (Å²) in [4.78, 5) is 23.1. The number of aromatic amines is 1. The Labute approximate surface area is 124 Å². The number of aromatic nitrogens is 2. The SMILES string of the molecule is O=C(N[C@@H]1CC[C@H](C(=O)O)C1)c1n[nH]c(C2CC2)c1Br. The van der Waals surface area contributed by atoms with E-state index in [0.29, 0.717) is 30.9 Å². The van der Waals surface area contributed by atoms with Crippen molar-refractivity contribution in [2.24, 2.45) is 5.92 Å². The molecule has 0 aliphatic heterocycles. The first kappa shape index (κ1) is 13.6. The van der Waals surface area contributed by atoms with E-state index in [1.165, 1.54) is 0 Å². The molecule has 1 amide bonds. The van der Waals surface area contributed by atoms with Crippen LogP contribution in [0.25, 0.3) is 0 Å². The summed E-state index contributed by atoms with van der Waals surface area (Å²) in [5.41, 5.74) is 1.36. The highest BCUT2D eigenvalue weighted by molar-refractivity contribution is 9.10. The number of halogens is 1. The number of aliphatic carboxylic acids is 1. The lowest BCUT2D eigenvalue weighted by atomic mass is 10.1. The van der Waals surface area contributed by atoms with E-state index in [2.05, 4.69) is 31.4 Å². The maximum Gasteiger partial charge on any atom is 0.306 e. The monoisotopic (exact) mass is 341 g/mol. The van der Waals surface area contributed by atoms with Crippen LogP contribution in [0, 0.1) is 5.92 Å². The predicted molar refractivity (Wildman–Crippen MR) is 74.5 cm³/mol. The molecule has 1 aromatic rings. The third-order valence-corrected chi connectivity index (χ3v) is 4.85. The van der Waals surface area contributed by atoms with Crippen LogP contribution in [0.5, 0.6) is 0 Å². The first-order valence-electron chi connectivity index (χ1n) is 6.83. The van der Waals surface area contributed by atoms with E-state index in [4.69, 9.17) is 5.11 Å². The van der Waals surface area contributed by atoms with Crippen molar-refractivity contribution in [3.8, 4) is 0 Å². The maximum atomic E-state index is 12.2. The lowest BCUT2D eigenvalue weighted by molar-refractivity contribution is -0.141. The zero-order valence-corrected chi connectivity index (χ0v) is 12.4. The quantitative estimate of drug-likeness (QED) is 0.780. The van der Waals surface area contributed by atoms with Crippen molar-refractivity contribution in [2.45, 2.75) is 44.1 Å². The first-order chi connectivity index (χ1) is 9.56. The van der Waals surface area contributed by atoms with Crippen molar-refractivity contribution in [3.05, 3.63) is 15.9 Å². The summed E-state index contributed by atoms with van der Waals surface area (Å²) in [5, 5.41) is 18.8. The number of carbonyl (C=O) groups excluding carboxylic acids is 1. The average molecular weight is 342 g/mol. The van der Waals surface area contributed by atoms with Crippen LogP contribution in [0.2, 0.25) is 0 Å². The van der Waals surface area contributed by atoms with Crippen molar-refractivity contribution >= 4 is 27.8 Å². The molecule has 6 nitrogen and oxygen atoms in total. The fourth-order valence-electron chi connectivity index (χ4n) is 2.73. The molecule has 108 valence electrons. The zero-order chi connectivity index (χ0) is 14.3. The highest BCUT2D eigenvalue weighted by atomic mass is 79.9. The Bertz CT molecular complexity index is 553. The molecule has 3 N–H and O–H groups in total. The summed E-state index contributed by atoms with van der Waals surface area (Å²) in [6, 6.07) is -0.0726. The smallest absolute Gasteiger partial charge is 0.306 e. The third-order valence-electron chi connectivity index (χ3n) is 4.05. The van der Waals surface area contributed by atoms with Gasteiger partial charge in [-0.2, -0.15) is 5.10 Å². The number of carboxylic acids is 1. The van der Waals surface area contributed by atoms with Crippen LogP contribution in [-0.4, -0.2) is 33.2 Å². The fourth-order valence-corrected chi connectivity index (χ4v) is 3.41. The van der Waals surface area contributed by atoms with Gasteiger partial charge in [-0.25, -0.2) is 0 Å². The lowest BCUT2D eigenvalue weighted by Gasteiger charge is -2.11. The Hall–Kier alpha value is -1.37. The van der Waals surface area contributed by atoms with Gasteiger partial charge in [0, 0.05) is 12.0 Å². The molecule has 0 spiro atoms. The standard InChI is InChI=1S/C13H16BrN3O3/c14-9-10(6-1-2-6)16-17-11(9)12(18)15-8-4-3-7(5-8)13(19)20/h6-8H,1-5H2,(H,15,18)(H,16,17)(H,19,20)/t7-,8+/m0/s1. The van der Waals surface area contributed by atoms with Gasteiger partial charge >= 0.3 is 5.97 Å². The van der Waals surface area contributed by atoms with E-state index in [0.717, 1.165) is 23.0 Å². The third kappa shape index (κ3) is 2.59. The molecule has 1 aromatic heterocycles. The van der Waals surface area contributed by atoms with Gasteiger partial charge in [0.05, 0.1) is 16.1 Å². The number of amides is 1. The van der Waals surface area contributed by atoms with Gasteiger partial charge in [0.2, 0.25) is 0 Å². The summed E-state index contributed by atoms with van der Waals surface area (Å²) in [6.45, 7) is 0. The summed E-state index contributed by atoms with van der Waals surface area (Å²) in [6.07, 6.45) is 4.09. The molecule has 0 unspecified atom stereocenters. The topological polar surface area (TPSA) is 95.1 Å². The van der Waals surface area contributed by atoms with E-state index in [9.17, 15) is 9.59 Å². The largest absolute Gasteiger partial charge is 0.481 e. The van der Waals surface area contributed by atoms with E-state index in [1.54, 1.807) is 0 Å². The molecule has 0 aromatic carbocycles. The number of carboxylic acid groups (broad SMARTS) is 1. The number of nitrogens with zero attached hydrogens (tertiary/aromatic N) is 1. The molecular formula is C13H16BrN3O3. The molecular weight excluding hydrogens is 326 g/mol. The Balaban J connectivity index is 1.63. The van der Waals surface area contributed by atoms with Crippen molar-refractivity contribution < 1.29 is 14.7 Å². The van der Waals surface area contributed by atoms with Gasteiger partial charge < -0.3 is 10.4 Å². The van der Waals surface area contributed by atoms with Crippen LogP contribution in [-0.2, 0) is 4.79 Å². The number of H-pyrrole nitrogens is 1. The number of hydrogen-bond acceptors (Lipinski definition) is 3. The van der Waals surface area contributed by atoms with E-state index < -0.39 is 5.97 Å². The lowest BCUT2D eigenvalue weighted by Crippen LogP contribution is -2.33. The van der Waals surface area contributed by atoms with E-state index in [1.807, 2.05) is 0 Å². The van der Waals surface area contributed by atoms with Crippen molar-refractivity contribution in [1.82, 2.24) is 15.5 Å². The molecule has 2 aliphatic rings. The minimum absolute atomic E-state index is 0.0726. The summed E-state index contributed by atoms with van der Waals surface area (Å²) < 4.78 is 0.741. The molecule has 1 heterocycles. The Morgan fingerprint density at radius 2 is 2.05 bits per heavy atom.